The van der Waals surface area contributed by atoms with Crippen LogP contribution in [-0.4, -0.2) is 167 Å². The summed E-state index contributed by atoms with van der Waals surface area (Å²) < 4.78 is 87.6. The number of nitrogens with zero attached hydrogens (tertiary/aromatic N) is 9. The van der Waals surface area contributed by atoms with Crippen LogP contribution in [0.3, 0.4) is 0 Å². The Bertz CT molecular complexity index is 3630. The normalized spacial score (nSPS) is 19.0. The molecule has 10 rings (SSSR count). The van der Waals surface area contributed by atoms with Gasteiger partial charge < -0.3 is 35.4 Å². The zero-order chi connectivity index (χ0) is 60.8. The first kappa shape index (κ1) is 62.6. The van der Waals surface area contributed by atoms with Gasteiger partial charge in [0, 0.05) is 128 Å². The Labute approximate surface area is 496 Å². The molecule has 4 aliphatic rings. The monoisotopic (exact) mass is 1210 g/mol. The largest absolute Gasteiger partial charge is 0.444 e. The molecule has 4 atom stereocenters. The summed E-state index contributed by atoms with van der Waals surface area (Å²) in [6, 6.07) is 26.7. The minimum atomic E-state index is -3.62. The van der Waals surface area contributed by atoms with Crippen LogP contribution in [0.5, 0.6) is 0 Å². The second-order valence-electron chi connectivity index (χ2n) is 23.3. The highest BCUT2D eigenvalue weighted by molar-refractivity contribution is 7.89. The molecule has 2 aliphatic heterocycles. The van der Waals surface area contributed by atoms with E-state index in [4.69, 9.17) is 14.7 Å². The SMILES string of the molecule is CN(C)S(=O)(=O)c1ccc(-n2cc(CCCNC3C[C@H]3c3ccc(F)cc3)nc(N3CCN(C(=O)OC(C)(C)C)CC3)c2=O)cc1.CN(C)S(=O)(=O)c1ccc(-n2cc(CCCNC3C[C@H]3c3ccc(F)cc3)nc(N3CCNCC3)c2=O)cc1. The summed E-state index contributed by atoms with van der Waals surface area (Å²) in [4.78, 5) is 55.3. The van der Waals surface area contributed by atoms with Crippen molar-refractivity contribution < 1.29 is 35.1 Å². The van der Waals surface area contributed by atoms with Crippen LogP contribution in [0.4, 0.5) is 25.2 Å². The number of anilines is 2. The molecule has 3 N–H and O–H groups in total. The highest BCUT2D eigenvalue weighted by atomic mass is 32.2. The molecule has 85 heavy (non-hydrogen) atoms. The number of halogens is 2. The van der Waals surface area contributed by atoms with Gasteiger partial charge in [-0.15, -0.1) is 0 Å². The van der Waals surface area contributed by atoms with Crippen LogP contribution in [0, 0.1) is 11.6 Å². The topological polar surface area (TPSA) is 217 Å². The van der Waals surface area contributed by atoms with Crippen molar-refractivity contribution in [3.63, 3.8) is 0 Å². The van der Waals surface area contributed by atoms with Gasteiger partial charge in [-0.05, 0) is 156 Å². The molecule has 2 saturated carbocycles. The second-order valence-corrected chi connectivity index (χ2v) is 27.6. The third kappa shape index (κ3) is 15.7. The summed E-state index contributed by atoms with van der Waals surface area (Å²) in [6.07, 6.45) is 8.08. The van der Waals surface area contributed by atoms with E-state index in [-0.39, 0.29) is 44.5 Å². The molecule has 2 unspecified atom stereocenters. The Morgan fingerprint density at radius 1 is 0.600 bits per heavy atom. The van der Waals surface area contributed by atoms with E-state index in [0.29, 0.717) is 93.2 Å². The number of rotatable bonds is 20. The lowest BCUT2D eigenvalue weighted by Gasteiger charge is -2.36. The van der Waals surface area contributed by atoms with Crippen LogP contribution in [0.15, 0.2) is 129 Å². The van der Waals surface area contributed by atoms with Gasteiger partial charge in [-0.2, -0.15) is 0 Å². The number of hydrogen-bond acceptors (Lipinski definition) is 15. The zero-order valence-electron chi connectivity index (χ0n) is 49.4. The first-order chi connectivity index (χ1) is 40.5. The molecule has 0 radical (unpaired) electrons. The number of carbonyl (C=O) groups excluding carboxylic acids is 1. The maximum absolute atomic E-state index is 13.8. The van der Waals surface area contributed by atoms with Crippen LogP contribution in [-0.2, 0) is 37.6 Å². The third-order valence-electron chi connectivity index (χ3n) is 15.5. The summed E-state index contributed by atoms with van der Waals surface area (Å²) in [5, 5.41) is 10.5. The molecule has 1 amide bonds. The molecule has 4 heterocycles. The number of nitrogens with one attached hydrogen (secondary N) is 3. The number of hydrogen-bond donors (Lipinski definition) is 3. The third-order valence-corrected chi connectivity index (χ3v) is 19.2. The van der Waals surface area contributed by atoms with Gasteiger partial charge in [0.2, 0.25) is 20.0 Å². The molecule has 4 fully saturated rings. The maximum Gasteiger partial charge on any atom is 0.410 e. The molecule has 20 nitrogen and oxygen atoms in total. The number of carbonyl (C=O) groups is 1. The minimum absolute atomic E-state index is 0.132. The molecule has 2 aromatic heterocycles. The highest BCUT2D eigenvalue weighted by Crippen LogP contribution is 2.41. The van der Waals surface area contributed by atoms with Gasteiger partial charge in [0.1, 0.15) is 17.2 Å². The van der Waals surface area contributed by atoms with Gasteiger partial charge in [-0.25, -0.2) is 49.0 Å². The van der Waals surface area contributed by atoms with Gasteiger partial charge >= 0.3 is 6.09 Å². The lowest BCUT2D eigenvalue weighted by Crippen LogP contribution is -2.51. The summed E-state index contributed by atoms with van der Waals surface area (Å²) in [6.45, 7) is 11.6. The van der Waals surface area contributed by atoms with Crippen LogP contribution in [0.1, 0.15) is 80.8 Å². The minimum Gasteiger partial charge on any atom is -0.444 e. The van der Waals surface area contributed by atoms with E-state index in [1.165, 1.54) is 85.6 Å². The summed E-state index contributed by atoms with van der Waals surface area (Å²) in [5.74, 6) is 1.06. The predicted octanol–water partition coefficient (Wildman–Crippen LogP) is 5.87. The highest BCUT2D eigenvalue weighted by Gasteiger charge is 2.39. The smallest absolute Gasteiger partial charge is 0.410 e. The molecule has 2 aliphatic carbocycles. The average molecular weight is 1210 g/mol. The van der Waals surface area contributed by atoms with E-state index in [2.05, 4.69) is 16.0 Å². The lowest BCUT2D eigenvalue weighted by molar-refractivity contribution is 0.0240. The van der Waals surface area contributed by atoms with Crippen molar-refractivity contribution in [1.29, 1.82) is 0 Å². The van der Waals surface area contributed by atoms with Crippen molar-refractivity contribution >= 4 is 37.8 Å². The molecular formula is C61H78F2N12O8S2. The van der Waals surface area contributed by atoms with Crippen LogP contribution in [0.2, 0.25) is 0 Å². The molecule has 2 saturated heterocycles. The Kier molecular flexibility index (Phi) is 19.7. The number of piperazine rings is 2. The van der Waals surface area contributed by atoms with Crippen molar-refractivity contribution in [2.45, 2.75) is 98.6 Å². The van der Waals surface area contributed by atoms with E-state index in [1.807, 2.05) is 54.8 Å². The number of ether oxygens (including phenoxy) is 1. The van der Waals surface area contributed by atoms with Gasteiger partial charge in [-0.3, -0.25) is 18.7 Å². The summed E-state index contributed by atoms with van der Waals surface area (Å²) in [5.41, 5.74) is 3.80. The number of aromatic nitrogens is 4. The fourth-order valence-electron chi connectivity index (χ4n) is 10.5. The molecule has 0 bridgehead atoms. The van der Waals surface area contributed by atoms with E-state index in [1.54, 1.807) is 46.1 Å². The van der Waals surface area contributed by atoms with Gasteiger partial charge in [0.15, 0.2) is 11.6 Å². The van der Waals surface area contributed by atoms with Crippen molar-refractivity contribution in [3.05, 3.63) is 164 Å². The molecule has 4 aromatic carbocycles. The molecular weight excluding hydrogens is 1130 g/mol. The Hall–Kier alpha value is -6.93. The van der Waals surface area contributed by atoms with E-state index in [0.717, 1.165) is 78.7 Å². The average Bonchev–Trinajstić information content (AvgIpc) is 4.14. The van der Waals surface area contributed by atoms with Gasteiger partial charge in [0.25, 0.3) is 11.1 Å². The van der Waals surface area contributed by atoms with Gasteiger partial charge in [-0.1, -0.05) is 24.3 Å². The zero-order valence-corrected chi connectivity index (χ0v) is 51.0. The molecule has 24 heteroatoms. The number of amides is 1. The Morgan fingerprint density at radius 2 is 0.988 bits per heavy atom. The first-order valence-electron chi connectivity index (χ1n) is 28.9. The number of sulfonamides is 2. The van der Waals surface area contributed by atoms with Crippen LogP contribution >= 0.6 is 0 Å². The molecule has 0 spiro atoms. The predicted molar refractivity (Wildman–Crippen MR) is 324 cm³/mol. The number of benzene rings is 4. The van der Waals surface area contributed by atoms with E-state index in [9.17, 15) is 40.0 Å². The molecule has 6 aromatic rings. The van der Waals surface area contributed by atoms with E-state index < -0.39 is 25.6 Å². The Balaban J connectivity index is 0.000000206. The standard InChI is InChI=1S/C33H43FN6O5S.C28H35FN6O3S/c1-33(2,3)45-32(42)39-19-17-38(18-20-39)30-31(41)40(26-12-14-27(15-13-26)46(43,44)37(4)5)22-25(36-30)7-6-16-35-29-21-28(29)23-8-10-24(34)11-9-23;1-33(2)39(37,38)24-11-9-23(10-12-24)35-19-22(32-27(28(35)36)34-16-14-30-15-17-34)4-3-13-31-26-18-25(26)20-5-7-21(29)8-6-20/h8-15,22,28-29,35H,6-7,16-21H2,1-5H3;5-12,19,25-26,30-31H,3-4,13-18H2,1-2H3/t28-,29?;25-,26?/m00/s1. The first-order valence-corrected chi connectivity index (χ1v) is 31.8. The van der Waals surface area contributed by atoms with Crippen LogP contribution in [0.25, 0.3) is 11.4 Å². The number of aryl methyl sites for hydroxylation is 2. The Morgan fingerprint density at radius 3 is 1.36 bits per heavy atom. The van der Waals surface area contributed by atoms with Crippen LogP contribution < -0.4 is 36.9 Å². The van der Waals surface area contributed by atoms with Crippen molar-refractivity contribution in [1.82, 2.24) is 48.6 Å². The van der Waals surface area contributed by atoms with E-state index >= 15 is 0 Å². The van der Waals surface area contributed by atoms with Crippen molar-refractivity contribution in [3.8, 4) is 11.4 Å². The lowest BCUT2D eigenvalue weighted by atomic mass is 10.1. The van der Waals surface area contributed by atoms with Crippen molar-refractivity contribution in [2.75, 3.05) is 103 Å². The summed E-state index contributed by atoms with van der Waals surface area (Å²) >= 11 is 0. The maximum atomic E-state index is 13.8. The fraction of sp³-hybridized carbons (Fsp3) is 0.459. The van der Waals surface area contributed by atoms with Gasteiger partial charge in [0.05, 0.1) is 21.2 Å². The summed E-state index contributed by atoms with van der Waals surface area (Å²) in [7, 11) is -1.27. The fourth-order valence-corrected chi connectivity index (χ4v) is 12.3. The van der Waals surface area contributed by atoms with Crippen molar-refractivity contribution in [2.24, 2.45) is 0 Å². The molecule has 456 valence electrons. The second kappa shape index (κ2) is 26.8. The quantitative estimate of drug-likeness (QED) is 0.0763.